The van der Waals surface area contributed by atoms with Gasteiger partial charge in [-0.1, -0.05) is 73.5 Å². The van der Waals surface area contributed by atoms with Crippen molar-refractivity contribution < 1.29 is 14.2 Å². The summed E-state index contributed by atoms with van der Waals surface area (Å²) < 4.78 is 19.9. The van der Waals surface area contributed by atoms with Gasteiger partial charge in [0.15, 0.2) is 16.7 Å². The number of hydrogen-bond acceptors (Lipinski definition) is 5. The van der Waals surface area contributed by atoms with Crippen molar-refractivity contribution in [2.75, 3.05) is 19.8 Å². The lowest BCUT2D eigenvalue weighted by Crippen LogP contribution is -2.41. The molecule has 0 bridgehead atoms. The molecule has 0 radical (unpaired) electrons. The Morgan fingerprint density at radius 1 is 0.927 bits per heavy atom. The fraction of sp³-hybridized carbons (Fsp3) is 0.382. The average Bonchev–Trinajstić information content (AvgIpc) is 3.30. The molecule has 0 spiro atoms. The zero-order chi connectivity index (χ0) is 28.8. The van der Waals surface area contributed by atoms with Crippen molar-refractivity contribution in [3.8, 4) is 28.6 Å². The highest BCUT2D eigenvalue weighted by molar-refractivity contribution is 6.30. The van der Waals surface area contributed by atoms with Crippen molar-refractivity contribution in [2.45, 2.75) is 65.7 Å². The van der Waals surface area contributed by atoms with E-state index in [2.05, 4.69) is 72.7 Å². The van der Waals surface area contributed by atoms with Crippen LogP contribution in [0.2, 0.25) is 5.15 Å². The molecule has 1 aliphatic rings. The molecule has 0 saturated heterocycles. The van der Waals surface area contributed by atoms with Gasteiger partial charge in [-0.2, -0.15) is 0 Å². The first-order valence-electron chi connectivity index (χ1n) is 14.6. The lowest BCUT2D eigenvalue weighted by Gasteiger charge is -2.40. The normalized spacial score (nSPS) is 13.0. The predicted molar refractivity (Wildman–Crippen MR) is 165 cm³/mol. The Balaban J connectivity index is 1.57. The Morgan fingerprint density at radius 3 is 2.46 bits per heavy atom. The van der Waals surface area contributed by atoms with Crippen LogP contribution in [0.3, 0.4) is 0 Å². The molecule has 1 aromatic heterocycles. The molecule has 4 aromatic rings. The van der Waals surface area contributed by atoms with Crippen molar-refractivity contribution >= 4 is 11.6 Å². The summed E-state index contributed by atoms with van der Waals surface area (Å²) >= 11 is 6.97. The van der Waals surface area contributed by atoms with Gasteiger partial charge in [-0.05, 0) is 62.6 Å². The number of unbranched alkanes of at least 4 members (excludes halogenated alkanes) is 1. The van der Waals surface area contributed by atoms with Gasteiger partial charge in [0, 0.05) is 30.7 Å². The van der Waals surface area contributed by atoms with Crippen LogP contribution in [0.4, 0.5) is 0 Å². The minimum Gasteiger partial charge on any atom is -0.494 e. The van der Waals surface area contributed by atoms with E-state index in [1.54, 1.807) is 0 Å². The van der Waals surface area contributed by atoms with E-state index >= 15 is 0 Å². The highest BCUT2D eigenvalue weighted by Crippen LogP contribution is 2.39. The molecule has 5 rings (SSSR count). The lowest BCUT2D eigenvalue weighted by molar-refractivity contribution is 0.0964. The number of hydrogen-bond donors (Lipinski definition) is 0. The number of benzene rings is 3. The largest absolute Gasteiger partial charge is 0.494 e. The van der Waals surface area contributed by atoms with Crippen LogP contribution in [0.5, 0.6) is 17.2 Å². The van der Waals surface area contributed by atoms with Crippen molar-refractivity contribution in [1.82, 2.24) is 14.5 Å². The topological polar surface area (TPSA) is 48.8 Å². The summed E-state index contributed by atoms with van der Waals surface area (Å²) in [5, 5.41) is 0.547. The summed E-state index contributed by atoms with van der Waals surface area (Å²) in [6.45, 7) is 12.6. The van der Waals surface area contributed by atoms with Gasteiger partial charge in [0.1, 0.15) is 24.8 Å². The van der Waals surface area contributed by atoms with E-state index in [1.807, 2.05) is 37.3 Å². The Morgan fingerprint density at radius 2 is 1.71 bits per heavy atom. The van der Waals surface area contributed by atoms with Gasteiger partial charge in [0.05, 0.1) is 12.3 Å². The average molecular weight is 574 g/mol. The number of fused-ring (bicyclic) bond motifs is 1. The molecule has 216 valence electrons. The van der Waals surface area contributed by atoms with Crippen LogP contribution in [0.1, 0.15) is 57.4 Å². The maximum absolute atomic E-state index is 6.97. The molecule has 3 aromatic carbocycles. The van der Waals surface area contributed by atoms with Gasteiger partial charge in [-0.25, -0.2) is 4.98 Å². The second-order valence-electron chi connectivity index (χ2n) is 10.9. The van der Waals surface area contributed by atoms with Crippen molar-refractivity contribution in [3.05, 3.63) is 94.8 Å². The summed E-state index contributed by atoms with van der Waals surface area (Å²) in [5.41, 5.74) is 4.01. The first-order valence-corrected chi connectivity index (χ1v) is 15.0. The van der Waals surface area contributed by atoms with Crippen molar-refractivity contribution in [1.29, 1.82) is 0 Å². The minimum absolute atomic E-state index is 0.381. The van der Waals surface area contributed by atoms with E-state index in [4.69, 9.17) is 30.8 Å². The molecule has 0 atom stereocenters. The Bertz CT molecular complexity index is 1450. The molecule has 2 heterocycles. The van der Waals surface area contributed by atoms with Crippen molar-refractivity contribution in [2.24, 2.45) is 0 Å². The van der Waals surface area contributed by atoms with E-state index in [9.17, 15) is 0 Å². The number of aromatic nitrogens is 2. The maximum Gasteiger partial charge on any atom is 0.161 e. The molecule has 0 amide bonds. The molecule has 6 nitrogen and oxygen atoms in total. The third-order valence-corrected chi connectivity index (χ3v) is 8.06. The zero-order valence-electron chi connectivity index (χ0n) is 24.5. The quantitative estimate of drug-likeness (QED) is 0.171. The summed E-state index contributed by atoms with van der Waals surface area (Å²) in [7, 11) is 0. The molecule has 0 fully saturated rings. The van der Waals surface area contributed by atoms with Gasteiger partial charge < -0.3 is 18.8 Å². The van der Waals surface area contributed by atoms with Gasteiger partial charge in [-0.15, -0.1) is 0 Å². The molecule has 0 saturated carbocycles. The number of nitrogens with zero attached hydrogens (tertiary/aromatic N) is 3. The van der Waals surface area contributed by atoms with Crippen LogP contribution in [0, 0.1) is 0 Å². The van der Waals surface area contributed by atoms with E-state index in [-0.39, 0.29) is 5.54 Å². The Labute approximate surface area is 248 Å². The summed E-state index contributed by atoms with van der Waals surface area (Å²) in [6.07, 6.45) is 2.13. The molecule has 41 heavy (non-hydrogen) atoms. The van der Waals surface area contributed by atoms with Crippen LogP contribution < -0.4 is 14.2 Å². The predicted octanol–water partition coefficient (Wildman–Crippen LogP) is 8.11. The number of ether oxygens (including phenoxy) is 3. The maximum atomic E-state index is 6.97. The van der Waals surface area contributed by atoms with Gasteiger partial charge >= 0.3 is 0 Å². The van der Waals surface area contributed by atoms with Crippen LogP contribution in [-0.2, 0) is 25.2 Å². The van der Waals surface area contributed by atoms with Gasteiger partial charge in [0.25, 0.3) is 0 Å². The fourth-order valence-corrected chi connectivity index (χ4v) is 5.57. The molecule has 0 unspecified atom stereocenters. The van der Waals surface area contributed by atoms with Crippen molar-refractivity contribution in [3.63, 3.8) is 0 Å². The van der Waals surface area contributed by atoms with Gasteiger partial charge in [0.2, 0.25) is 0 Å². The molecule has 0 aliphatic carbocycles. The number of imidazole rings is 1. The summed E-state index contributed by atoms with van der Waals surface area (Å²) in [6, 6.07) is 24.9. The lowest BCUT2D eigenvalue weighted by atomic mass is 9.90. The fourth-order valence-electron chi connectivity index (χ4n) is 5.33. The SMILES string of the molecule is CCCCn1c(-c2ccccc2)nc(Cl)c1CN(Cc1cccc(OCC)c1)C(C)(C)c1ccc2c(c1)OCCO2. The molecular weight excluding hydrogens is 534 g/mol. The van der Waals surface area contributed by atoms with Crippen LogP contribution in [0.25, 0.3) is 11.4 Å². The molecule has 0 N–H and O–H groups in total. The van der Waals surface area contributed by atoms with Crippen LogP contribution in [-0.4, -0.2) is 34.3 Å². The van der Waals surface area contributed by atoms with Crippen LogP contribution in [0.15, 0.2) is 72.8 Å². The Kier molecular flexibility index (Phi) is 9.21. The highest BCUT2D eigenvalue weighted by Gasteiger charge is 2.32. The highest BCUT2D eigenvalue weighted by atomic mass is 35.5. The summed E-state index contributed by atoms with van der Waals surface area (Å²) in [5.74, 6) is 3.37. The smallest absolute Gasteiger partial charge is 0.161 e. The van der Waals surface area contributed by atoms with Gasteiger partial charge in [-0.3, -0.25) is 4.90 Å². The van der Waals surface area contributed by atoms with E-state index in [0.29, 0.717) is 38.1 Å². The van der Waals surface area contributed by atoms with E-state index < -0.39 is 0 Å². The zero-order valence-corrected chi connectivity index (χ0v) is 25.3. The second-order valence-corrected chi connectivity index (χ2v) is 11.3. The second kappa shape index (κ2) is 13.0. The standard InChI is InChI=1S/C34H40ClN3O3/c1-5-7-18-38-29(32(35)36-33(38)26-13-9-8-10-14-26)24-37(23-25-12-11-15-28(21-25)39-6-2)34(3,4)27-16-17-30-31(22-27)41-20-19-40-30/h8-17,21-22H,5-7,18-20,23-24H2,1-4H3. The molecule has 1 aliphatic heterocycles. The third-order valence-electron chi connectivity index (χ3n) is 7.75. The monoisotopic (exact) mass is 573 g/mol. The minimum atomic E-state index is -0.381. The first kappa shape index (κ1) is 29.0. The molecule has 7 heteroatoms. The number of halogens is 1. The number of rotatable bonds is 12. The summed E-state index contributed by atoms with van der Waals surface area (Å²) in [4.78, 5) is 7.35. The third kappa shape index (κ3) is 6.55. The first-order chi connectivity index (χ1) is 19.9. The Hall–Kier alpha value is -3.48. The van der Waals surface area contributed by atoms with E-state index in [1.165, 1.54) is 5.56 Å². The van der Waals surface area contributed by atoms with E-state index in [0.717, 1.165) is 59.3 Å². The van der Waals surface area contributed by atoms with Crippen LogP contribution >= 0.6 is 11.6 Å². The molecular formula is C34H40ClN3O3.